The van der Waals surface area contributed by atoms with Crippen molar-refractivity contribution < 1.29 is 13.9 Å². The van der Waals surface area contributed by atoms with E-state index < -0.39 is 5.41 Å². The zero-order chi connectivity index (χ0) is 27.2. The fourth-order valence-corrected chi connectivity index (χ4v) is 4.43. The number of carbonyl (C=O) groups is 1. The molecule has 200 valence electrons. The maximum Gasteiger partial charge on any atom is 0.313 e. The highest BCUT2D eigenvalue weighted by molar-refractivity contribution is 6.06. The monoisotopic (exact) mass is 507 g/mol. The first-order valence-corrected chi connectivity index (χ1v) is 13.0. The van der Waals surface area contributed by atoms with Gasteiger partial charge in [-0.05, 0) is 75.5 Å². The second-order valence-corrected chi connectivity index (χ2v) is 11.7. The van der Waals surface area contributed by atoms with Crippen LogP contribution in [0.5, 0.6) is 0 Å². The van der Waals surface area contributed by atoms with Gasteiger partial charge in [-0.25, -0.2) is 4.39 Å². The molecule has 0 aromatic heterocycles. The van der Waals surface area contributed by atoms with Crippen molar-refractivity contribution in [3.05, 3.63) is 64.3 Å². The van der Waals surface area contributed by atoms with E-state index in [9.17, 15) is 10.2 Å². The summed E-state index contributed by atoms with van der Waals surface area (Å²) in [7, 11) is 0. The van der Waals surface area contributed by atoms with Crippen LogP contribution in [-0.2, 0) is 16.1 Å². The lowest BCUT2D eigenvalue weighted by Crippen LogP contribution is -2.35. The van der Waals surface area contributed by atoms with Gasteiger partial charge in [0.1, 0.15) is 5.82 Å². The molecular weight excluding hydrogens is 467 g/mol. The molecule has 2 aromatic carbocycles. The molecule has 0 atom stereocenters. The van der Waals surface area contributed by atoms with Gasteiger partial charge < -0.3 is 20.8 Å². The van der Waals surface area contributed by atoms with Gasteiger partial charge >= 0.3 is 5.97 Å². The second kappa shape index (κ2) is 12.0. The van der Waals surface area contributed by atoms with Crippen LogP contribution in [0.1, 0.15) is 77.0 Å². The van der Waals surface area contributed by atoms with Crippen LogP contribution >= 0.6 is 0 Å². The molecule has 3 rings (SSSR count). The molecule has 0 spiro atoms. The predicted octanol–water partition coefficient (Wildman–Crippen LogP) is 6.34. The Morgan fingerprint density at radius 2 is 1.89 bits per heavy atom. The van der Waals surface area contributed by atoms with E-state index >= 15 is 4.39 Å². The lowest BCUT2D eigenvalue weighted by molar-refractivity contribution is -0.152. The molecule has 0 heterocycles. The molecule has 0 radical (unpaired) electrons. The Kier molecular flexibility index (Phi) is 9.24. The number of nitrogens with one attached hydrogen (secondary N) is 2. The zero-order valence-corrected chi connectivity index (χ0v) is 23.0. The average molecular weight is 508 g/mol. The maximum absolute atomic E-state index is 15.5. The number of carbonyl (C=O) groups excluding carboxylic acids is 1. The SMILES string of the molecule is Cc1cc(C(=[N-])N/C=N/COC(=O)C(C)(C)C)ccc1-c1cccc(CNC2CCC(C)(C)CC2)c1F. The van der Waals surface area contributed by atoms with Crippen LogP contribution in [0.15, 0.2) is 41.4 Å². The average Bonchev–Trinajstić information content (AvgIpc) is 2.83. The van der Waals surface area contributed by atoms with Crippen molar-refractivity contribution in [1.82, 2.24) is 10.6 Å². The predicted molar refractivity (Wildman–Crippen MR) is 149 cm³/mol. The number of hydrogen-bond acceptors (Lipinski definition) is 4. The van der Waals surface area contributed by atoms with E-state index in [1.54, 1.807) is 39.0 Å². The van der Waals surface area contributed by atoms with Gasteiger partial charge in [0, 0.05) is 30.1 Å². The third-order valence-corrected chi connectivity index (χ3v) is 6.96. The Morgan fingerprint density at radius 3 is 2.54 bits per heavy atom. The first-order valence-electron chi connectivity index (χ1n) is 13.0. The Bertz CT molecular complexity index is 1140. The van der Waals surface area contributed by atoms with Gasteiger partial charge in [0.25, 0.3) is 0 Å². The highest BCUT2D eigenvalue weighted by Gasteiger charge is 2.26. The molecule has 7 heteroatoms. The number of hydrogen-bond donors (Lipinski definition) is 2. The van der Waals surface area contributed by atoms with Crippen molar-refractivity contribution in [2.45, 2.75) is 79.8 Å². The molecule has 1 aliphatic rings. The highest BCUT2D eigenvalue weighted by atomic mass is 19.1. The van der Waals surface area contributed by atoms with E-state index in [0.717, 1.165) is 24.0 Å². The smallest absolute Gasteiger partial charge is 0.313 e. The van der Waals surface area contributed by atoms with Crippen molar-refractivity contribution in [1.29, 1.82) is 0 Å². The van der Waals surface area contributed by atoms with Crippen LogP contribution in [-0.4, -0.2) is 30.9 Å². The summed E-state index contributed by atoms with van der Waals surface area (Å²) < 4.78 is 20.5. The van der Waals surface area contributed by atoms with E-state index in [1.807, 2.05) is 25.1 Å². The minimum absolute atomic E-state index is 0.102. The van der Waals surface area contributed by atoms with Crippen LogP contribution in [0.3, 0.4) is 0 Å². The van der Waals surface area contributed by atoms with E-state index in [-0.39, 0.29) is 24.4 Å². The van der Waals surface area contributed by atoms with Crippen molar-refractivity contribution in [3.63, 3.8) is 0 Å². The van der Waals surface area contributed by atoms with Crippen molar-refractivity contribution in [2.75, 3.05) is 6.73 Å². The Morgan fingerprint density at radius 1 is 1.19 bits per heavy atom. The molecular formula is C30H40FN4O2-. The van der Waals surface area contributed by atoms with Gasteiger partial charge in [0.2, 0.25) is 0 Å². The molecule has 6 nitrogen and oxygen atoms in total. The normalized spacial score (nSPS) is 16.1. The molecule has 0 amide bonds. The second-order valence-electron chi connectivity index (χ2n) is 11.7. The molecule has 1 fully saturated rings. The molecule has 2 N–H and O–H groups in total. The van der Waals surface area contributed by atoms with E-state index in [4.69, 9.17) is 4.74 Å². The first kappa shape index (κ1) is 28.5. The molecule has 0 unspecified atom stereocenters. The highest BCUT2D eigenvalue weighted by Crippen LogP contribution is 2.35. The Labute approximate surface area is 220 Å². The molecule has 0 aliphatic heterocycles. The fraction of sp³-hybridized carbons (Fsp3) is 0.500. The van der Waals surface area contributed by atoms with Crippen LogP contribution in [0.2, 0.25) is 0 Å². The molecule has 1 saturated carbocycles. The summed E-state index contributed by atoms with van der Waals surface area (Å²) in [6, 6.07) is 11.3. The maximum atomic E-state index is 15.5. The van der Waals surface area contributed by atoms with Gasteiger partial charge in [0.05, 0.1) is 5.41 Å². The van der Waals surface area contributed by atoms with Crippen LogP contribution < -0.4 is 10.6 Å². The quantitative estimate of drug-likeness (QED) is 0.248. The van der Waals surface area contributed by atoms with Crippen molar-refractivity contribution in [2.24, 2.45) is 15.8 Å². The number of benzene rings is 2. The Hall–Kier alpha value is -3.06. The van der Waals surface area contributed by atoms with E-state index in [1.165, 1.54) is 19.2 Å². The number of ether oxygens (including phenoxy) is 1. The van der Waals surface area contributed by atoms with E-state index in [0.29, 0.717) is 34.7 Å². The lowest BCUT2D eigenvalue weighted by Gasteiger charge is -2.34. The molecule has 2 aromatic rings. The largest absolute Gasteiger partial charge is 0.464 e. The molecule has 0 saturated heterocycles. The van der Waals surface area contributed by atoms with Crippen molar-refractivity contribution >= 4 is 18.1 Å². The number of amidine groups is 1. The van der Waals surface area contributed by atoms with Gasteiger partial charge in [-0.2, -0.15) is 0 Å². The summed E-state index contributed by atoms with van der Waals surface area (Å²) >= 11 is 0. The minimum Gasteiger partial charge on any atom is -0.464 e. The standard InChI is InChI=1S/C30H40FN4O2/c1-20-16-21(27(32)35-18-33-19-37-28(36)29(2,3)4)10-11-24(20)25-9-7-8-22(26(25)31)17-34-23-12-14-30(5,6)15-13-23/h7-11,16,18,23,34H,12-15,17,19H2,1-6H3,(H-,32,33,35)/q-1. The fourth-order valence-electron chi connectivity index (χ4n) is 4.43. The van der Waals surface area contributed by atoms with Gasteiger partial charge in [-0.1, -0.05) is 56.1 Å². The van der Waals surface area contributed by atoms with E-state index in [2.05, 4.69) is 29.5 Å². The minimum atomic E-state index is -0.598. The van der Waals surface area contributed by atoms with Crippen LogP contribution in [0.4, 0.5) is 4.39 Å². The lowest BCUT2D eigenvalue weighted by atomic mass is 9.75. The number of rotatable bonds is 8. The summed E-state index contributed by atoms with van der Waals surface area (Å²) in [6.07, 6.45) is 5.89. The van der Waals surface area contributed by atoms with Crippen LogP contribution in [0.25, 0.3) is 16.5 Å². The van der Waals surface area contributed by atoms with Gasteiger partial charge in [-0.15, -0.1) is 0 Å². The summed E-state index contributed by atoms with van der Waals surface area (Å²) in [5.41, 5.74) is 3.16. The topological polar surface area (TPSA) is 85.0 Å². The molecule has 37 heavy (non-hydrogen) atoms. The summed E-state index contributed by atoms with van der Waals surface area (Å²) in [4.78, 5) is 15.7. The summed E-state index contributed by atoms with van der Waals surface area (Å²) in [5.74, 6) is -0.672. The van der Waals surface area contributed by atoms with Gasteiger partial charge in [-0.3, -0.25) is 9.79 Å². The summed E-state index contributed by atoms with van der Waals surface area (Å²) in [5, 5.41) is 16.6. The summed E-state index contributed by atoms with van der Waals surface area (Å²) in [6.45, 7) is 12.2. The number of nitrogens with zero attached hydrogens (tertiary/aromatic N) is 2. The van der Waals surface area contributed by atoms with Gasteiger partial charge in [0.15, 0.2) is 6.73 Å². The number of halogens is 1. The Balaban J connectivity index is 1.60. The number of esters is 1. The molecule has 0 bridgehead atoms. The van der Waals surface area contributed by atoms with Crippen molar-refractivity contribution in [3.8, 4) is 11.1 Å². The first-order chi connectivity index (χ1) is 17.4. The third-order valence-electron chi connectivity index (χ3n) is 6.96. The van der Waals surface area contributed by atoms with Crippen LogP contribution in [0, 0.1) is 23.6 Å². The number of aryl methyl sites for hydroxylation is 1. The molecule has 1 aliphatic carbocycles. The number of aliphatic imine (C=N–C) groups is 1. The third kappa shape index (κ3) is 7.96. The zero-order valence-electron chi connectivity index (χ0n) is 23.0.